The molecule has 19 heavy (non-hydrogen) atoms. The molecule has 1 heterocycles. The molecule has 0 aromatic carbocycles. The molecule has 0 atom stereocenters. The Morgan fingerprint density at radius 3 is 2.21 bits per heavy atom. The lowest BCUT2D eigenvalue weighted by molar-refractivity contribution is -0.0348. The highest BCUT2D eigenvalue weighted by Crippen LogP contribution is 2.57. The summed E-state index contributed by atoms with van der Waals surface area (Å²) in [5, 5.41) is 3.05. The first-order chi connectivity index (χ1) is 9.17. The average molecular weight is 263 g/mol. The molecule has 5 nitrogen and oxygen atoms in total. The number of nitrogens with zero attached hydrogens (tertiary/aromatic N) is 1. The lowest BCUT2D eigenvalue weighted by Gasteiger charge is -2.54. The number of anilines is 1. The van der Waals surface area contributed by atoms with Gasteiger partial charge in [-0.3, -0.25) is 9.89 Å². The van der Waals surface area contributed by atoms with Gasteiger partial charge in [0.1, 0.15) is 0 Å². The standard InChI is InChI=1S/C14H21N3O2/c1-19-12-13(15)16-17(14(12)18)11-9-3-7-2-8(5-9)6-10(11)4-7/h7-11,16H,2-6,15H2,1H3. The predicted molar refractivity (Wildman–Crippen MR) is 72.1 cm³/mol. The fraction of sp³-hybridized carbons (Fsp3) is 0.786. The van der Waals surface area contributed by atoms with Crippen molar-refractivity contribution in [3.8, 4) is 5.75 Å². The highest BCUT2D eigenvalue weighted by Gasteiger charge is 2.49. The van der Waals surface area contributed by atoms with E-state index in [2.05, 4.69) is 5.10 Å². The summed E-state index contributed by atoms with van der Waals surface area (Å²) in [7, 11) is 1.50. The number of H-pyrrole nitrogens is 1. The van der Waals surface area contributed by atoms with Crippen LogP contribution in [-0.2, 0) is 0 Å². The van der Waals surface area contributed by atoms with Crippen molar-refractivity contribution < 1.29 is 4.74 Å². The number of aromatic amines is 1. The zero-order valence-electron chi connectivity index (χ0n) is 11.3. The van der Waals surface area contributed by atoms with E-state index in [1.54, 1.807) is 4.68 Å². The Labute approximate surface area is 112 Å². The quantitative estimate of drug-likeness (QED) is 0.854. The monoisotopic (exact) mass is 263 g/mol. The van der Waals surface area contributed by atoms with Gasteiger partial charge in [0.15, 0.2) is 5.82 Å². The number of ether oxygens (including phenoxy) is 1. The SMILES string of the molecule is COc1c(N)[nH]n(C2C3CC4CC(C3)CC2C4)c1=O. The van der Waals surface area contributed by atoms with Crippen LogP contribution >= 0.6 is 0 Å². The first-order valence-corrected chi connectivity index (χ1v) is 7.31. The van der Waals surface area contributed by atoms with E-state index in [0.29, 0.717) is 23.7 Å². The van der Waals surface area contributed by atoms with Gasteiger partial charge >= 0.3 is 5.56 Å². The van der Waals surface area contributed by atoms with Crippen molar-refractivity contribution in [1.29, 1.82) is 0 Å². The third-order valence-corrected chi connectivity index (χ3v) is 5.58. The predicted octanol–water partition coefficient (Wildman–Crippen LogP) is 1.76. The van der Waals surface area contributed by atoms with Crippen LogP contribution in [0.1, 0.15) is 38.1 Å². The summed E-state index contributed by atoms with van der Waals surface area (Å²) in [6.07, 6.45) is 6.55. The highest BCUT2D eigenvalue weighted by atomic mass is 16.5. The first-order valence-electron chi connectivity index (χ1n) is 7.31. The molecule has 5 heteroatoms. The minimum atomic E-state index is -0.0857. The molecule has 4 aliphatic rings. The number of rotatable bonds is 2. The van der Waals surface area contributed by atoms with Gasteiger partial charge in [-0.15, -0.1) is 0 Å². The van der Waals surface area contributed by atoms with Gasteiger partial charge in [-0.25, -0.2) is 4.68 Å². The van der Waals surface area contributed by atoms with E-state index in [4.69, 9.17) is 10.5 Å². The third kappa shape index (κ3) is 1.50. The summed E-state index contributed by atoms with van der Waals surface area (Å²) in [6, 6.07) is 0.312. The van der Waals surface area contributed by atoms with Crippen molar-refractivity contribution in [3.63, 3.8) is 0 Å². The van der Waals surface area contributed by atoms with Gasteiger partial charge in [0.25, 0.3) is 0 Å². The minimum absolute atomic E-state index is 0.0857. The lowest BCUT2D eigenvalue weighted by atomic mass is 9.54. The number of hydrogen-bond donors (Lipinski definition) is 2. The number of nitrogen functional groups attached to an aromatic ring is 1. The van der Waals surface area contributed by atoms with Crippen molar-refractivity contribution in [1.82, 2.24) is 9.78 Å². The molecule has 1 aromatic heterocycles. The second-order valence-electron chi connectivity index (χ2n) is 6.66. The van der Waals surface area contributed by atoms with Gasteiger partial charge in [0, 0.05) is 0 Å². The van der Waals surface area contributed by atoms with Gasteiger partial charge in [-0.1, -0.05) is 0 Å². The fourth-order valence-corrected chi connectivity index (χ4v) is 5.18. The normalized spacial score (nSPS) is 39.7. The minimum Gasteiger partial charge on any atom is -0.488 e. The van der Waals surface area contributed by atoms with E-state index in [1.165, 1.54) is 39.2 Å². The van der Waals surface area contributed by atoms with Gasteiger partial charge in [0.2, 0.25) is 5.75 Å². The maximum atomic E-state index is 12.4. The molecular formula is C14H21N3O2. The van der Waals surface area contributed by atoms with Crippen molar-refractivity contribution >= 4 is 5.82 Å². The first kappa shape index (κ1) is 11.4. The van der Waals surface area contributed by atoms with E-state index in [9.17, 15) is 4.79 Å². The number of nitrogens with two attached hydrogens (primary N) is 1. The summed E-state index contributed by atoms with van der Waals surface area (Å²) >= 11 is 0. The topological polar surface area (TPSA) is 73.0 Å². The Morgan fingerprint density at radius 2 is 1.74 bits per heavy atom. The summed E-state index contributed by atoms with van der Waals surface area (Å²) in [5.41, 5.74) is 5.76. The van der Waals surface area contributed by atoms with Crippen LogP contribution in [0, 0.1) is 23.7 Å². The molecule has 0 spiro atoms. The molecule has 0 aliphatic heterocycles. The molecule has 4 bridgehead atoms. The summed E-state index contributed by atoms with van der Waals surface area (Å²) in [5.74, 6) is 3.75. The van der Waals surface area contributed by atoms with Crippen LogP contribution < -0.4 is 16.0 Å². The zero-order valence-corrected chi connectivity index (χ0v) is 11.3. The Hall–Kier alpha value is -1.39. The van der Waals surface area contributed by atoms with Crippen LogP contribution in [0.2, 0.25) is 0 Å². The van der Waals surface area contributed by atoms with Crippen molar-refractivity contribution in [3.05, 3.63) is 10.4 Å². The molecule has 5 rings (SSSR count). The summed E-state index contributed by atoms with van der Waals surface area (Å²) in [6.45, 7) is 0. The van der Waals surface area contributed by atoms with Gasteiger partial charge in [-0.05, 0) is 55.8 Å². The third-order valence-electron chi connectivity index (χ3n) is 5.58. The molecule has 1 aromatic rings. The van der Waals surface area contributed by atoms with Gasteiger partial charge in [-0.2, -0.15) is 0 Å². The van der Waals surface area contributed by atoms with Crippen molar-refractivity contribution in [2.75, 3.05) is 12.8 Å². The van der Waals surface area contributed by atoms with Gasteiger partial charge in [0.05, 0.1) is 13.2 Å². The van der Waals surface area contributed by atoms with Crippen LogP contribution in [0.3, 0.4) is 0 Å². The molecule has 0 unspecified atom stereocenters. The molecular weight excluding hydrogens is 242 g/mol. The molecule has 0 saturated heterocycles. The van der Waals surface area contributed by atoms with Crippen molar-refractivity contribution in [2.45, 2.75) is 38.1 Å². The smallest absolute Gasteiger partial charge is 0.311 e. The molecule has 0 amide bonds. The average Bonchev–Trinajstić information content (AvgIpc) is 2.63. The molecule has 4 fully saturated rings. The summed E-state index contributed by atoms with van der Waals surface area (Å²) in [4.78, 5) is 12.4. The highest BCUT2D eigenvalue weighted by molar-refractivity contribution is 5.44. The maximum Gasteiger partial charge on any atom is 0.311 e. The Kier molecular flexibility index (Phi) is 2.29. The Balaban J connectivity index is 1.75. The number of nitrogens with one attached hydrogen (secondary N) is 1. The maximum absolute atomic E-state index is 12.4. The second-order valence-corrected chi connectivity index (χ2v) is 6.66. The van der Waals surface area contributed by atoms with Gasteiger partial charge < -0.3 is 10.5 Å². The van der Waals surface area contributed by atoms with Crippen molar-refractivity contribution in [2.24, 2.45) is 23.7 Å². The second kappa shape index (κ2) is 3.81. The Bertz CT molecular complexity index is 532. The van der Waals surface area contributed by atoms with Crippen LogP contribution in [0.5, 0.6) is 5.75 Å². The molecule has 4 aliphatic carbocycles. The van der Waals surface area contributed by atoms with E-state index in [1.807, 2.05) is 0 Å². The van der Waals surface area contributed by atoms with Crippen LogP contribution in [0.4, 0.5) is 5.82 Å². The number of hydrogen-bond acceptors (Lipinski definition) is 3. The zero-order chi connectivity index (χ0) is 13.1. The fourth-order valence-electron chi connectivity index (χ4n) is 5.18. The van der Waals surface area contributed by atoms with Crippen LogP contribution in [0.25, 0.3) is 0 Å². The van der Waals surface area contributed by atoms with Crippen LogP contribution in [0.15, 0.2) is 4.79 Å². The largest absolute Gasteiger partial charge is 0.488 e. The van der Waals surface area contributed by atoms with E-state index in [-0.39, 0.29) is 11.3 Å². The molecule has 3 N–H and O–H groups in total. The lowest BCUT2D eigenvalue weighted by Crippen LogP contribution is -2.48. The van der Waals surface area contributed by atoms with Crippen LogP contribution in [-0.4, -0.2) is 16.9 Å². The van der Waals surface area contributed by atoms with E-state index >= 15 is 0 Å². The summed E-state index contributed by atoms with van der Waals surface area (Å²) < 4.78 is 6.87. The molecule has 104 valence electrons. The molecule has 4 saturated carbocycles. The Morgan fingerprint density at radius 1 is 1.16 bits per heavy atom. The number of aromatic nitrogens is 2. The molecule has 0 radical (unpaired) electrons. The van der Waals surface area contributed by atoms with E-state index < -0.39 is 0 Å². The number of methoxy groups -OCH3 is 1. The van der Waals surface area contributed by atoms with E-state index in [0.717, 1.165) is 11.8 Å².